The van der Waals surface area contributed by atoms with Gasteiger partial charge in [0.15, 0.2) is 5.96 Å². The maximum Gasteiger partial charge on any atom is 0.193 e. The molecule has 2 rings (SSSR count). The SMILES string of the molecule is CN=C(NCCc1ccncc1C)N1CCC(COCCOC)C1.I. The number of hydrogen-bond donors (Lipinski definition) is 1. The summed E-state index contributed by atoms with van der Waals surface area (Å²) in [4.78, 5) is 10.9. The van der Waals surface area contributed by atoms with Gasteiger partial charge >= 0.3 is 0 Å². The second kappa shape index (κ2) is 12.4. The van der Waals surface area contributed by atoms with Gasteiger partial charge in [-0.2, -0.15) is 0 Å². The Morgan fingerprint density at radius 2 is 2.28 bits per heavy atom. The molecule has 0 amide bonds. The van der Waals surface area contributed by atoms with E-state index in [4.69, 9.17) is 9.47 Å². The molecule has 0 bridgehead atoms. The van der Waals surface area contributed by atoms with Crippen molar-refractivity contribution in [3.63, 3.8) is 0 Å². The Bertz CT molecular complexity index is 528. The molecule has 1 atom stereocenters. The van der Waals surface area contributed by atoms with Crippen LogP contribution in [0.2, 0.25) is 0 Å². The van der Waals surface area contributed by atoms with Crippen molar-refractivity contribution in [2.75, 3.05) is 53.6 Å². The molecule has 0 spiro atoms. The number of nitrogens with zero attached hydrogens (tertiary/aromatic N) is 3. The highest BCUT2D eigenvalue weighted by atomic mass is 127. The average Bonchev–Trinajstić information content (AvgIpc) is 3.06. The van der Waals surface area contributed by atoms with Crippen molar-refractivity contribution in [2.24, 2.45) is 10.9 Å². The highest BCUT2D eigenvalue weighted by Gasteiger charge is 2.24. The normalized spacial score (nSPS) is 17.5. The summed E-state index contributed by atoms with van der Waals surface area (Å²) < 4.78 is 10.7. The Morgan fingerprint density at radius 3 is 3.00 bits per heavy atom. The summed E-state index contributed by atoms with van der Waals surface area (Å²) in [5.41, 5.74) is 2.57. The molecule has 0 aliphatic carbocycles. The monoisotopic (exact) mass is 462 g/mol. The van der Waals surface area contributed by atoms with E-state index in [-0.39, 0.29) is 24.0 Å². The van der Waals surface area contributed by atoms with E-state index < -0.39 is 0 Å². The van der Waals surface area contributed by atoms with Crippen LogP contribution in [0.3, 0.4) is 0 Å². The number of pyridine rings is 1. The standard InChI is InChI=1S/C18H30N4O2.HI/c1-15-12-20-7-4-17(15)5-8-21-18(19-2)22-9-6-16(13-22)14-24-11-10-23-3;/h4,7,12,16H,5-6,8-11,13-14H2,1-3H3,(H,19,21);1H. The van der Waals surface area contributed by atoms with Crippen LogP contribution in [0.25, 0.3) is 0 Å². The summed E-state index contributed by atoms with van der Waals surface area (Å²) in [7, 11) is 3.55. The van der Waals surface area contributed by atoms with E-state index in [9.17, 15) is 0 Å². The highest BCUT2D eigenvalue weighted by Crippen LogP contribution is 2.16. The van der Waals surface area contributed by atoms with E-state index in [1.54, 1.807) is 7.11 Å². The fraction of sp³-hybridized carbons (Fsp3) is 0.667. The topological polar surface area (TPSA) is 59.0 Å². The molecule has 2 heterocycles. The minimum Gasteiger partial charge on any atom is -0.382 e. The van der Waals surface area contributed by atoms with Crippen LogP contribution in [0.15, 0.2) is 23.5 Å². The minimum absolute atomic E-state index is 0. The number of aromatic nitrogens is 1. The number of hydrogen-bond acceptors (Lipinski definition) is 4. The van der Waals surface area contributed by atoms with E-state index in [1.807, 2.05) is 19.4 Å². The Morgan fingerprint density at radius 1 is 1.44 bits per heavy atom. The molecule has 1 unspecified atom stereocenters. The second-order valence-corrected chi connectivity index (χ2v) is 6.19. The number of aliphatic imine (C=N–C) groups is 1. The summed E-state index contributed by atoms with van der Waals surface area (Å²) in [6.45, 7) is 7.15. The van der Waals surface area contributed by atoms with Crippen LogP contribution in [0, 0.1) is 12.8 Å². The smallest absolute Gasteiger partial charge is 0.193 e. The van der Waals surface area contributed by atoms with Crippen LogP contribution >= 0.6 is 24.0 Å². The summed E-state index contributed by atoms with van der Waals surface area (Å²) in [6.07, 6.45) is 5.90. The van der Waals surface area contributed by atoms with Gasteiger partial charge in [0.25, 0.3) is 0 Å². The lowest BCUT2D eigenvalue weighted by molar-refractivity contribution is 0.0536. The van der Waals surface area contributed by atoms with E-state index in [0.29, 0.717) is 19.1 Å². The van der Waals surface area contributed by atoms with Crippen molar-refractivity contribution in [3.8, 4) is 0 Å². The van der Waals surface area contributed by atoms with Crippen molar-refractivity contribution in [1.82, 2.24) is 15.2 Å². The maximum absolute atomic E-state index is 5.65. The van der Waals surface area contributed by atoms with Gasteiger partial charge in [0.1, 0.15) is 0 Å². The molecule has 1 N–H and O–H groups in total. The van der Waals surface area contributed by atoms with Crippen molar-refractivity contribution in [1.29, 1.82) is 0 Å². The minimum atomic E-state index is 0. The van der Waals surface area contributed by atoms with E-state index in [0.717, 1.165) is 45.0 Å². The number of nitrogens with one attached hydrogen (secondary N) is 1. The third-order valence-corrected chi connectivity index (χ3v) is 4.40. The summed E-state index contributed by atoms with van der Waals surface area (Å²) in [5.74, 6) is 1.56. The predicted octanol–water partition coefficient (Wildman–Crippen LogP) is 2.11. The first kappa shape index (κ1) is 22.1. The zero-order chi connectivity index (χ0) is 17.2. The van der Waals surface area contributed by atoms with Gasteiger partial charge in [-0.3, -0.25) is 9.98 Å². The van der Waals surface area contributed by atoms with Gasteiger partial charge < -0.3 is 19.7 Å². The average molecular weight is 462 g/mol. The zero-order valence-electron chi connectivity index (χ0n) is 15.5. The summed E-state index contributed by atoms with van der Waals surface area (Å²) in [6, 6.07) is 2.09. The predicted molar refractivity (Wildman–Crippen MR) is 112 cm³/mol. The number of halogens is 1. The fourth-order valence-corrected chi connectivity index (χ4v) is 2.98. The Balaban J connectivity index is 0.00000312. The fourth-order valence-electron chi connectivity index (χ4n) is 2.98. The lowest BCUT2D eigenvalue weighted by Crippen LogP contribution is -2.41. The number of likely N-dealkylation sites (tertiary alicyclic amines) is 1. The number of aryl methyl sites for hydroxylation is 1. The third-order valence-electron chi connectivity index (χ3n) is 4.40. The first-order chi connectivity index (χ1) is 11.7. The number of methoxy groups -OCH3 is 1. The van der Waals surface area contributed by atoms with Crippen molar-refractivity contribution < 1.29 is 9.47 Å². The first-order valence-electron chi connectivity index (χ1n) is 8.66. The van der Waals surface area contributed by atoms with Crippen molar-refractivity contribution in [3.05, 3.63) is 29.6 Å². The van der Waals surface area contributed by atoms with Crippen LogP contribution in [0.1, 0.15) is 17.5 Å². The molecule has 7 heteroatoms. The van der Waals surface area contributed by atoms with E-state index in [1.165, 1.54) is 11.1 Å². The van der Waals surface area contributed by atoms with Gasteiger partial charge in [0.05, 0.1) is 19.8 Å². The third kappa shape index (κ3) is 7.45. The highest BCUT2D eigenvalue weighted by molar-refractivity contribution is 14.0. The lowest BCUT2D eigenvalue weighted by Gasteiger charge is -2.22. The van der Waals surface area contributed by atoms with Gasteiger partial charge in [-0.1, -0.05) is 0 Å². The van der Waals surface area contributed by atoms with Crippen LogP contribution in [0.5, 0.6) is 0 Å². The van der Waals surface area contributed by atoms with Crippen molar-refractivity contribution in [2.45, 2.75) is 19.8 Å². The maximum atomic E-state index is 5.65. The first-order valence-corrected chi connectivity index (χ1v) is 8.66. The Labute approximate surface area is 168 Å². The van der Waals surface area contributed by atoms with Crippen molar-refractivity contribution >= 4 is 29.9 Å². The molecule has 1 aromatic heterocycles. The molecule has 1 aliphatic heterocycles. The molecular formula is C18H31IN4O2. The molecule has 1 saturated heterocycles. The Kier molecular flexibility index (Phi) is 11.0. The molecule has 6 nitrogen and oxygen atoms in total. The molecule has 25 heavy (non-hydrogen) atoms. The largest absolute Gasteiger partial charge is 0.382 e. The summed E-state index contributed by atoms with van der Waals surface area (Å²) in [5, 5.41) is 3.48. The molecule has 1 aliphatic rings. The summed E-state index contributed by atoms with van der Waals surface area (Å²) >= 11 is 0. The van der Waals surface area contributed by atoms with Gasteiger partial charge in [-0.05, 0) is 37.0 Å². The van der Waals surface area contributed by atoms with Crippen LogP contribution < -0.4 is 5.32 Å². The van der Waals surface area contributed by atoms with Gasteiger partial charge in [-0.15, -0.1) is 24.0 Å². The second-order valence-electron chi connectivity index (χ2n) is 6.19. The molecule has 1 fully saturated rings. The number of ether oxygens (including phenoxy) is 2. The van der Waals surface area contributed by atoms with Gasteiger partial charge in [0.2, 0.25) is 0 Å². The zero-order valence-corrected chi connectivity index (χ0v) is 17.9. The molecule has 0 aromatic carbocycles. The van der Waals surface area contributed by atoms with Gasteiger partial charge in [0, 0.05) is 52.1 Å². The van der Waals surface area contributed by atoms with Crippen LogP contribution in [0.4, 0.5) is 0 Å². The van der Waals surface area contributed by atoms with E-state index >= 15 is 0 Å². The molecule has 142 valence electrons. The van der Waals surface area contributed by atoms with Gasteiger partial charge in [-0.25, -0.2) is 0 Å². The molecule has 1 aromatic rings. The lowest BCUT2D eigenvalue weighted by atomic mass is 10.1. The Hall–Kier alpha value is -0.930. The van der Waals surface area contributed by atoms with Crippen LogP contribution in [-0.4, -0.2) is 69.5 Å². The molecule has 0 radical (unpaired) electrons. The number of guanidine groups is 1. The number of rotatable bonds is 8. The van der Waals surface area contributed by atoms with E-state index in [2.05, 4.69) is 33.2 Å². The van der Waals surface area contributed by atoms with Crippen LogP contribution in [-0.2, 0) is 15.9 Å². The molecule has 0 saturated carbocycles. The molecular weight excluding hydrogens is 431 g/mol. The quantitative estimate of drug-likeness (QED) is 0.278.